The van der Waals surface area contributed by atoms with Crippen molar-refractivity contribution in [1.29, 1.82) is 0 Å². The number of ether oxygens (including phenoxy) is 1. The number of carbonyl (C=O) groups is 1. The Kier molecular flexibility index (Phi) is 6.29. The minimum atomic E-state index is -3.68. The van der Waals surface area contributed by atoms with Crippen molar-refractivity contribution in [3.05, 3.63) is 53.1 Å². The second-order valence-electron chi connectivity index (χ2n) is 7.52. The van der Waals surface area contributed by atoms with Gasteiger partial charge in [0.05, 0.1) is 10.9 Å². The molecule has 29 heavy (non-hydrogen) atoms. The third kappa shape index (κ3) is 4.79. The van der Waals surface area contributed by atoms with Crippen molar-refractivity contribution in [3.8, 4) is 5.75 Å². The fraction of sp³-hybridized carbons (Fsp3) is 0.409. The van der Waals surface area contributed by atoms with Crippen molar-refractivity contribution in [1.82, 2.24) is 4.72 Å². The number of aryl methyl sites for hydroxylation is 2. The van der Waals surface area contributed by atoms with E-state index in [-0.39, 0.29) is 17.4 Å². The number of fused-ring (bicyclic) bond motifs is 1. The molecule has 0 saturated carbocycles. The largest absolute Gasteiger partial charge is 0.492 e. The SMILES string of the molecule is CCC(=O)N1CCc2cc(S(=O)(=O)N[C@@H](C)COc3ccc(C)c(C)c3)ccc21. The first-order chi connectivity index (χ1) is 13.7. The van der Waals surface area contributed by atoms with Gasteiger partial charge in [-0.05, 0) is 74.2 Å². The quantitative estimate of drug-likeness (QED) is 0.751. The molecule has 7 heteroatoms. The molecule has 3 rings (SSSR count). The zero-order valence-electron chi connectivity index (χ0n) is 17.4. The molecule has 2 aromatic carbocycles. The van der Waals surface area contributed by atoms with Gasteiger partial charge in [-0.15, -0.1) is 0 Å². The molecule has 1 atom stereocenters. The van der Waals surface area contributed by atoms with Crippen molar-refractivity contribution in [2.45, 2.75) is 51.5 Å². The lowest BCUT2D eigenvalue weighted by atomic mass is 10.1. The van der Waals surface area contributed by atoms with Crippen molar-refractivity contribution in [2.24, 2.45) is 0 Å². The summed E-state index contributed by atoms with van der Waals surface area (Å²) in [6.45, 7) is 8.46. The van der Waals surface area contributed by atoms with Crippen LogP contribution in [0.4, 0.5) is 5.69 Å². The molecule has 6 nitrogen and oxygen atoms in total. The van der Waals surface area contributed by atoms with E-state index >= 15 is 0 Å². The van der Waals surface area contributed by atoms with Gasteiger partial charge in [-0.2, -0.15) is 0 Å². The monoisotopic (exact) mass is 416 g/mol. The number of nitrogens with one attached hydrogen (secondary N) is 1. The van der Waals surface area contributed by atoms with E-state index in [4.69, 9.17) is 4.74 Å². The van der Waals surface area contributed by atoms with Gasteiger partial charge in [-0.25, -0.2) is 13.1 Å². The Morgan fingerprint density at radius 3 is 2.62 bits per heavy atom. The summed E-state index contributed by atoms with van der Waals surface area (Å²) in [4.78, 5) is 13.9. The Balaban J connectivity index is 1.66. The van der Waals surface area contributed by atoms with Crippen molar-refractivity contribution in [2.75, 3.05) is 18.1 Å². The van der Waals surface area contributed by atoms with Crippen LogP contribution in [0, 0.1) is 13.8 Å². The van der Waals surface area contributed by atoms with E-state index in [9.17, 15) is 13.2 Å². The number of hydrogen-bond donors (Lipinski definition) is 1. The molecule has 0 fully saturated rings. The predicted molar refractivity (Wildman–Crippen MR) is 114 cm³/mol. The summed E-state index contributed by atoms with van der Waals surface area (Å²) >= 11 is 0. The van der Waals surface area contributed by atoms with Gasteiger partial charge >= 0.3 is 0 Å². The second kappa shape index (κ2) is 8.55. The summed E-state index contributed by atoms with van der Waals surface area (Å²) in [5, 5.41) is 0. The number of amides is 1. The molecule has 0 aliphatic carbocycles. The Hall–Kier alpha value is -2.38. The third-order valence-electron chi connectivity index (χ3n) is 5.20. The van der Waals surface area contributed by atoms with E-state index in [0.29, 0.717) is 19.4 Å². The van der Waals surface area contributed by atoms with E-state index in [1.807, 2.05) is 39.0 Å². The van der Waals surface area contributed by atoms with Gasteiger partial charge in [0.15, 0.2) is 0 Å². The van der Waals surface area contributed by atoms with Crippen molar-refractivity contribution >= 4 is 21.6 Å². The standard InChI is InChI=1S/C22H28N2O4S/c1-5-22(25)24-11-10-18-13-20(8-9-21(18)24)29(26,27)23-17(4)14-28-19-7-6-15(2)16(3)12-19/h6-9,12-13,17,23H,5,10-11,14H2,1-4H3/t17-/m0/s1. The highest BCUT2D eigenvalue weighted by atomic mass is 32.2. The smallest absolute Gasteiger partial charge is 0.240 e. The first kappa shape index (κ1) is 21.3. The van der Waals surface area contributed by atoms with E-state index in [0.717, 1.165) is 22.6 Å². The number of sulfonamides is 1. The highest BCUT2D eigenvalue weighted by molar-refractivity contribution is 7.89. The van der Waals surface area contributed by atoms with Gasteiger partial charge in [0.25, 0.3) is 0 Å². The summed E-state index contributed by atoms with van der Waals surface area (Å²) in [7, 11) is -3.68. The molecule has 0 aromatic heterocycles. The zero-order chi connectivity index (χ0) is 21.2. The van der Waals surface area contributed by atoms with Crippen molar-refractivity contribution < 1.29 is 17.9 Å². The molecule has 0 bridgehead atoms. The fourth-order valence-corrected chi connectivity index (χ4v) is 4.67. The summed E-state index contributed by atoms with van der Waals surface area (Å²) < 4.78 is 34.0. The molecule has 1 aliphatic rings. The topological polar surface area (TPSA) is 75.7 Å². The Bertz CT molecular complexity index is 1020. The first-order valence-corrected chi connectivity index (χ1v) is 11.3. The molecule has 0 radical (unpaired) electrons. The number of hydrogen-bond acceptors (Lipinski definition) is 4. The van der Waals surface area contributed by atoms with Crippen LogP contribution in [0.5, 0.6) is 5.75 Å². The summed E-state index contributed by atoms with van der Waals surface area (Å²) in [6.07, 6.45) is 1.09. The average molecular weight is 417 g/mol. The first-order valence-electron chi connectivity index (χ1n) is 9.87. The Morgan fingerprint density at radius 1 is 1.17 bits per heavy atom. The average Bonchev–Trinajstić information content (AvgIpc) is 3.11. The van der Waals surface area contributed by atoms with Crippen LogP contribution in [0.3, 0.4) is 0 Å². The molecular weight excluding hydrogens is 388 g/mol. The van der Waals surface area contributed by atoms with Crippen LogP contribution >= 0.6 is 0 Å². The summed E-state index contributed by atoms with van der Waals surface area (Å²) in [5.41, 5.74) is 4.00. The van der Waals surface area contributed by atoms with Crippen LogP contribution in [-0.2, 0) is 21.2 Å². The zero-order valence-corrected chi connectivity index (χ0v) is 18.2. The maximum absolute atomic E-state index is 12.8. The van der Waals surface area contributed by atoms with Crippen LogP contribution in [0.2, 0.25) is 0 Å². The van der Waals surface area contributed by atoms with Gasteiger partial charge < -0.3 is 9.64 Å². The highest BCUT2D eigenvalue weighted by Crippen LogP contribution is 2.30. The molecule has 1 amide bonds. The number of carbonyl (C=O) groups excluding carboxylic acids is 1. The molecule has 2 aromatic rings. The highest BCUT2D eigenvalue weighted by Gasteiger charge is 2.26. The minimum Gasteiger partial charge on any atom is -0.492 e. The van der Waals surface area contributed by atoms with E-state index in [1.54, 1.807) is 30.0 Å². The van der Waals surface area contributed by atoms with Crippen LogP contribution in [0.15, 0.2) is 41.3 Å². The molecule has 1 aliphatic heterocycles. The van der Waals surface area contributed by atoms with Crippen molar-refractivity contribution in [3.63, 3.8) is 0 Å². The van der Waals surface area contributed by atoms with E-state index < -0.39 is 16.1 Å². The molecular formula is C22H28N2O4S. The normalized spacial score (nSPS) is 14.6. The fourth-order valence-electron chi connectivity index (χ4n) is 3.39. The maximum atomic E-state index is 12.8. The molecule has 0 unspecified atom stereocenters. The van der Waals surface area contributed by atoms with Gasteiger partial charge in [0.1, 0.15) is 12.4 Å². The molecule has 1 N–H and O–H groups in total. The lowest BCUT2D eigenvalue weighted by molar-refractivity contribution is -0.118. The molecule has 0 spiro atoms. The lowest BCUT2D eigenvalue weighted by Gasteiger charge is -2.18. The summed E-state index contributed by atoms with van der Waals surface area (Å²) in [6, 6.07) is 10.4. The van der Waals surface area contributed by atoms with Gasteiger partial charge in [-0.1, -0.05) is 13.0 Å². The third-order valence-corrected chi connectivity index (χ3v) is 6.78. The number of nitrogens with zero attached hydrogens (tertiary/aromatic N) is 1. The number of anilines is 1. The second-order valence-corrected chi connectivity index (χ2v) is 9.23. The number of rotatable bonds is 7. The van der Waals surface area contributed by atoms with Crippen LogP contribution < -0.4 is 14.4 Å². The van der Waals surface area contributed by atoms with Crippen LogP contribution in [-0.4, -0.2) is 33.5 Å². The van der Waals surface area contributed by atoms with E-state index in [2.05, 4.69) is 4.72 Å². The Morgan fingerprint density at radius 2 is 1.93 bits per heavy atom. The summed E-state index contributed by atoms with van der Waals surface area (Å²) in [5.74, 6) is 0.770. The lowest BCUT2D eigenvalue weighted by Crippen LogP contribution is -2.36. The molecule has 156 valence electrons. The van der Waals surface area contributed by atoms with Crippen LogP contribution in [0.1, 0.15) is 37.0 Å². The van der Waals surface area contributed by atoms with E-state index in [1.165, 1.54) is 5.56 Å². The van der Waals surface area contributed by atoms with Gasteiger partial charge in [0.2, 0.25) is 15.9 Å². The van der Waals surface area contributed by atoms with Gasteiger partial charge in [-0.3, -0.25) is 4.79 Å². The van der Waals surface area contributed by atoms with Crippen LogP contribution in [0.25, 0.3) is 0 Å². The minimum absolute atomic E-state index is 0.0506. The number of benzene rings is 2. The maximum Gasteiger partial charge on any atom is 0.240 e. The molecule has 0 saturated heterocycles. The predicted octanol–water partition coefficient (Wildman–Crippen LogP) is 3.35. The van der Waals surface area contributed by atoms with Gasteiger partial charge in [0, 0.05) is 18.7 Å². The Labute approximate surface area is 172 Å². The molecule has 1 heterocycles.